The Morgan fingerprint density at radius 3 is 2.35 bits per heavy atom. The zero-order valence-electron chi connectivity index (χ0n) is 11.9. The number of carboxylic acids is 1. The smallest absolute Gasteiger partial charge is 0.322 e. The zero-order valence-corrected chi connectivity index (χ0v) is 11.9. The van der Waals surface area contributed by atoms with Gasteiger partial charge in [0.2, 0.25) is 0 Å². The average Bonchev–Trinajstić information content (AvgIpc) is 2.26. The third kappa shape index (κ3) is 4.97. The number of nitrogens with two attached hydrogens (primary N) is 1. The molecule has 1 unspecified atom stereocenters. The second-order valence-corrected chi connectivity index (χ2v) is 5.57. The van der Waals surface area contributed by atoms with Crippen molar-refractivity contribution in [2.24, 2.45) is 11.7 Å². The Balaban J connectivity index is 2.80. The largest absolute Gasteiger partial charge is 0.481 e. The van der Waals surface area contributed by atoms with Crippen LogP contribution in [0, 0.1) is 5.92 Å². The summed E-state index contributed by atoms with van der Waals surface area (Å²) in [4.78, 5) is 27.1. The number of esters is 1. The third-order valence-electron chi connectivity index (χ3n) is 2.58. The molecule has 1 aromatic heterocycles. The van der Waals surface area contributed by atoms with Crippen LogP contribution in [0.1, 0.15) is 26.3 Å². The minimum Gasteiger partial charge on any atom is -0.481 e. The van der Waals surface area contributed by atoms with E-state index in [1.54, 1.807) is 45.3 Å². The number of ether oxygens (including phenoxy) is 1. The van der Waals surface area contributed by atoms with E-state index < -0.39 is 29.5 Å². The third-order valence-corrected chi connectivity index (χ3v) is 2.58. The first kappa shape index (κ1) is 16.1. The molecule has 0 radical (unpaired) electrons. The van der Waals surface area contributed by atoms with Crippen LogP contribution in [0.5, 0.6) is 0 Å². The van der Waals surface area contributed by atoms with Crippen LogP contribution < -0.4 is 5.73 Å². The lowest BCUT2D eigenvalue weighted by Crippen LogP contribution is -2.45. The van der Waals surface area contributed by atoms with E-state index in [0.717, 1.165) is 5.56 Å². The number of aliphatic carboxylic acids is 1. The summed E-state index contributed by atoms with van der Waals surface area (Å²) >= 11 is 0. The normalized spacial score (nSPS) is 14.4. The van der Waals surface area contributed by atoms with Crippen molar-refractivity contribution in [2.75, 3.05) is 0 Å². The lowest BCUT2D eigenvalue weighted by atomic mass is 9.94. The number of carboxylic acid groups (broad SMARTS) is 1. The summed E-state index contributed by atoms with van der Waals surface area (Å²) in [6.07, 6.45) is 3.44. The number of aromatic nitrogens is 1. The van der Waals surface area contributed by atoms with E-state index >= 15 is 0 Å². The Hall–Kier alpha value is -1.95. The lowest BCUT2D eigenvalue weighted by molar-refractivity contribution is -0.167. The van der Waals surface area contributed by atoms with Gasteiger partial charge in [0.15, 0.2) is 5.92 Å². The fraction of sp³-hybridized carbons (Fsp3) is 0.500. The molecule has 6 nitrogen and oxygen atoms in total. The predicted octanol–water partition coefficient (Wildman–Crippen LogP) is 0.994. The molecule has 0 saturated carbocycles. The van der Waals surface area contributed by atoms with Crippen LogP contribution in [0.2, 0.25) is 0 Å². The van der Waals surface area contributed by atoms with Crippen LogP contribution in [-0.4, -0.2) is 33.7 Å². The topological polar surface area (TPSA) is 103 Å². The number of rotatable bonds is 5. The highest BCUT2D eigenvalue weighted by Gasteiger charge is 2.36. The van der Waals surface area contributed by atoms with Crippen LogP contribution in [-0.2, 0) is 20.7 Å². The van der Waals surface area contributed by atoms with E-state index in [2.05, 4.69) is 4.98 Å². The molecule has 0 bridgehead atoms. The average molecular weight is 280 g/mol. The summed E-state index contributed by atoms with van der Waals surface area (Å²) in [6.45, 7) is 5.04. The molecule has 110 valence electrons. The summed E-state index contributed by atoms with van der Waals surface area (Å²) in [7, 11) is 0. The van der Waals surface area contributed by atoms with E-state index in [0.29, 0.717) is 0 Å². The van der Waals surface area contributed by atoms with Gasteiger partial charge < -0.3 is 15.6 Å². The van der Waals surface area contributed by atoms with Crippen LogP contribution >= 0.6 is 0 Å². The molecule has 2 atom stereocenters. The zero-order chi connectivity index (χ0) is 15.3. The van der Waals surface area contributed by atoms with Crippen molar-refractivity contribution in [1.82, 2.24) is 4.98 Å². The van der Waals surface area contributed by atoms with Gasteiger partial charge in [0.05, 0.1) is 0 Å². The second-order valence-electron chi connectivity index (χ2n) is 5.57. The highest BCUT2D eigenvalue weighted by Crippen LogP contribution is 2.16. The molecule has 0 aliphatic heterocycles. The highest BCUT2D eigenvalue weighted by molar-refractivity contribution is 5.95. The van der Waals surface area contributed by atoms with Gasteiger partial charge in [-0.3, -0.25) is 14.6 Å². The molecule has 20 heavy (non-hydrogen) atoms. The van der Waals surface area contributed by atoms with Gasteiger partial charge in [-0.15, -0.1) is 0 Å². The molecule has 0 amide bonds. The molecule has 1 heterocycles. The van der Waals surface area contributed by atoms with Crippen molar-refractivity contribution in [3.05, 3.63) is 30.1 Å². The molecular weight excluding hydrogens is 260 g/mol. The Kier molecular flexibility index (Phi) is 5.21. The Labute approximate surface area is 118 Å². The molecule has 0 aromatic carbocycles. The van der Waals surface area contributed by atoms with Gasteiger partial charge in [-0.05, 0) is 44.9 Å². The van der Waals surface area contributed by atoms with E-state index in [4.69, 9.17) is 10.5 Å². The molecule has 0 fully saturated rings. The summed E-state index contributed by atoms with van der Waals surface area (Å²) in [5, 5.41) is 9.20. The predicted molar refractivity (Wildman–Crippen MR) is 72.9 cm³/mol. The Morgan fingerprint density at radius 2 is 1.90 bits per heavy atom. The van der Waals surface area contributed by atoms with Crippen molar-refractivity contribution in [3.8, 4) is 0 Å². The van der Waals surface area contributed by atoms with Gasteiger partial charge in [-0.2, -0.15) is 0 Å². The first-order valence-electron chi connectivity index (χ1n) is 6.31. The number of pyridine rings is 1. The summed E-state index contributed by atoms with van der Waals surface area (Å²) < 4.78 is 5.11. The summed E-state index contributed by atoms with van der Waals surface area (Å²) in [5.74, 6) is -3.48. The van der Waals surface area contributed by atoms with Gasteiger partial charge in [-0.1, -0.05) is 0 Å². The van der Waals surface area contributed by atoms with Gasteiger partial charge in [0.1, 0.15) is 5.60 Å². The molecule has 1 aromatic rings. The number of hydrogen-bond acceptors (Lipinski definition) is 5. The van der Waals surface area contributed by atoms with Crippen LogP contribution in [0.15, 0.2) is 24.5 Å². The van der Waals surface area contributed by atoms with Crippen LogP contribution in [0.4, 0.5) is 0 Å². The maximum Gasteiger partial charge on any atom is 0.322 e. The number of nitrogens with zero attached hydrogens (tertiary/aromatic N) is 1. The molecule has 0 spiro atoms. The number of carbonyl (C=O) groups is 2. The summed E-state index contributed by atoms with van der Waals surface area (Å²) in [6, 6.07) is 2.60. The first-order valence-corrected chi connectivity index (χ1v) is 6.31. The van der Waals surface area contributed by atoms with Gasteiger partial charge >= 0.3 is 11.9 Å². The van der Waals surface area contributed by atoms with E-state index in [1.165, 1.54) is 0 Å². The van der Waals surface area contributed by atoms with E-state index in [1.807, 2.05) is 0 Å². The fourth-order valence-corrected chi connectivity index (χ4v) is 1.73. The first-order chi connectivity index (χ1) is 9.20. The molecule has 0 aliphatic carbocycles. The summed E-state index contributed by atoms with van der Waals surface area (Å²) in [5.41, 5.74) is 5.94. The van der Waals surface area contributed by atoms with Crippen molar-refractivity contribution in [1.29, 1.82) is 0 Å². The van der Waals surface area contributed by atoms with Gasteiger partial charge in [-0.25, -0.2) is 0 Å². The Bertz CT molecular complexity index is 468. The fourth-order valence-electron chi connectivity index (χ4n) is 1.73. The monoisotopic (exact) mass is 280 g/mol. The molecule has 0 saturated heterocycles. The van der Waals surface area contributed by atoms with Crippen molar-refractivity contribution in [2.45, 2.75) is 38.8 Å². The second kappa shape index (κ2) is 6.47. The lowest BCUT2D eigenvalue weighted by Gasteiger charge is -2.25. The van der Waals surface area contributed by atoms with E-state index in [-0.39, 0.29) is 6.42 Å². The molecular formula is C14H20N2O4. The number of carbonyl (C=O) groups excluding carboxylic acids is 1. The minimum atomic E-state index is -1.39. The number of hydrogen-bond donors (Lipinski definition) is 2. The van der Waals surface area contributed by atoms with Crippen LogP contribution in [0.25, 0.3) is 0 Å². The minimum absolute atomic E-state index is 0.263. The Morgan fingerprint density at radius 1 is 1.35 bits per heavy atom. The maximum absolute atomic E-state index is 11.9. The van der Waals surface area contributed by atoms with Gasteiger partial charge in [0, 0.05) is 18.4 Å². The maximum atomic E-state index is 11.9. The van der Waals surface area contributed by atoms with Crippen molar-refractivity contribution >= 4 is 11.9 Å². The molecule has 0 aliphatic rings. The molecule has 6 heteroatoms. The highest BCUT2D eigenvalue weighted by atomic mass is 16.6. The van der Waals surface area contributed by atoms with E-state index in [9.17, 15) is 14.7 Å². The van der Waals surface area contributed by atoms with Crippen molar-refractivity contribution in [3.63, 3.8) is 0 Å². The van der Waals surface area contributed by atoms with Gasteiger partial charge in [0.25, 0.3) is 0 Å². The SMILES string of the molecule is CC(C)(C)OC(=O)[C@H](C(=O)O)C(N)Cc1ccncc1. The van der Waals surface area contributed by atoms with Crippen LogP contribution in [0.3, 0.4) is 0 Å². The quantitative estimate of drug-likeness (QED) is 0.616. The molecule has 3 N–H and O–H groups in total. The van der Waals surface area contributed by atoms with Crippen molar-refractivity contribution < 1.29 is 19.4 Å². The standard InChI is InChI=1S/C14H20N2O4/c1-14(2,3)20-13(19)11(12(17)18)10(15)8-9-4-6-16-7-5-9/h4-7,10-11H,8,15H2,1-3H3,(H,17,18)/t10?,11-/m0/s1. The molecule has 1 rings (SSSR count).